The summed E-state index contributed by atoms with van der Waals surface area (Å²) >= 11 is 0. The highest BCUT2D eigenvalue weighted by Crippen LogP contribution is 2.21. The highest BCUT2D eigenvalue weighted by Gasteiger charge is 2.18. The minimum atomic E-state index is 0.132. The van der Waals surface area contributed by atoms with Crippen LogP contribution in [0, 0.1) is 5.41 Å². The van der Waals surface area contributed by atoms with Gasteiger partial charge in [0.15, 0.2) is 0 Å². The van der Waals surface area contributed by atoms with Gasteiger partial charge in [-0.05, 0) is 43.7 Å². The Morgan fingerprint density at radius 2 is 1.55 bits per heavy atom. The van der Waals surface area contributed by atoms with E-state index in [2.05, 4.69) is 33.0 Å². The maximum absolute atomic E-state index is 5.87. The summed E-state index contributed by atoms with van der Waals surface area (Å²) in [5, 5.41) is 3.44. The van der Waals surface area contributed by atoms with Crippen LogP contribution in [0.5, 0.6) is 11.5 Å². The largest absolute Gasteiger partial charge is 0.494 e. The predicted octanol–water partition coefficient (Wildman–Crippen LogP) is 3.88. The molecule has 1 rings (SSSR count). The van der Waals surface area contributed by atoms with Crippen LogP contribution in [0.1, 0.15) is 40.5 Å². The fourth-order valence-corrected chi connectivity index (χ4v) is 1.79. The number of ether oxygens (including phenoxy) is 2. The zero-order valence-electron chi connectivity index (χ0n) is 13.4. The molecule has 1 N–H and O–H groups in total. The van der Waals surface area contributed by atoms with Crippen LogP contribution in [0.3, 0.4) is 0 Å². The van der Waals surface area contributed by atoms with Crippen LogP contribution in [0.2, 0.25) is 0 Å². The van der Waals surface area contributed by atoms with E-state index >= 15 is 0 Å². The molecule has 0 unspecified atom stereocenters. The Labute approximate surface area is 123 Å². The topological polar surface area (TPSA) is 30.5 Å². The first kappa shape index (κ1) is 16.8. The van der Waals surface area contributed by atoms with E-state index < -0.39 is 0 Å². The molecule has 114 valence electrons. The van der Waals surface area contributed by atoms with Crippen molar-refractivity contribution in [1.82, 2.24) is 5.32 Å². The standard InChI is InChI=1S/C17H29NO2/c1-5-11-18-13-17(3,4)14-20-16-9-7-15(8-10-16)19-12-6-2/h7-10,18H,5-6,11-14H2,1-4H3. The van der Waals surface area contributed by atoms with E-state index in [1.165, 1.54) is 0 Å². The monoisotopic (exact) mass is 279 g/mol. The minimum absolute atomic E-state index is 0.132. The summed E-state index contributed by atoms with van der Waals surface area (Å²) in [6.07, 6.45) is 2.19. The van der Waals surface area contributed by atoms with Gasteiger partial charge in [-0.15, -0.1) is 0 Å². The van der Waals surface area contributed by atoms with E-state index in [-0.39, 0.29) is 5.41 Å². The fourth-order valence-electron chi connectivity index (χ4n) is 1.79. The molecule has 3 heteroatoms. The molecule has 0 atom stereocenters. The first-order chi connectivity index (χ1) is 9.57. The summed E-state index contributed by atoms with van der Waals surface area (Å²) in [7, 11) is 0. The van der Waals surface area contributed by atoms with Crippen LogP contribution in [-0.4, -0.2) is 26.3 Å². The second-order valence-corrected chi connectivity index (χ2v) is 5.95. The number of nitrogens with one attached hydrogen (secondary N) is 1. The first-order valence-corrected chi connectivity index (χ1v) is 7.64. The molecular weight excluding hydrogens is 250 g/mol. The molecule has 0 saturated carbocycles. The highest BCUT2D eigenvalue weighted by molar-refractivity contribution is 5.31. The second-order valence-electron chi connectivity index (χ2n) is 5.95. The first-order valence-electron chi connectivity index (χ1n) is 7.64. The summed E-state index contributed by atoms with van der Waals surface area (Å²) in [4.78, 5) is 0. The van der Waals surface area contributed by atoms with E-state index in [4.69, 9.17) is 9.47 Å². The van der Waals surface area contributed by atoms with Crippen molar-refractivity contribution in [3.63, 3.8) is 0 Å². The van der Waals surface area contributed by atoms with Gasteiger partial charge in [0.05, 0.1) is 13.2 Å². The molecule has 0 aromatic heterocycles. The molecule has 0 aliphatic heterocycles. The van der Waals surface area contributed by atoms with Crippen LogP contribution in [0.15, 0.2) is 24.3 Å². The Morgan fingerprint density at radius 1 is 0.950 bits per heavy atom. The van der Waals surface area contributed by atoms with Crippen molar-refractivity contribution >= 4 is 0 Å². The van der Waals surface area contributed by atoms with Gasteiger partial charge in [-0.2, -0.15) is 0 Å². The van der Waals surface area contributed by atoms with Gasteiger partial charge in [0.25, 0.3) is 0 Å². The smallest absolute Gasteiger partial charge is 0.119 e. The minimum Gasteiger partial charge on any atom is -0.494 e. The molecular formula is C17H29NO2. The summed E-state index contributed by atoms with van der Waals surface area (Å²) in [5.41, 5.74) is 0.132. The third-order valence-electron chi connectivity index (χ3n) is 2.96. The molecule has 0 amide bonds. The van der Waals surface area contributed by atoms with Gasteiger partial charge < -0.3 is 14.8 Å². The molecule has 20 heavy (non-hydrogen) atoms. The molecule has 0 heterocycles. The van der Waals surface area contributed by atoms with Crippen LogP contribution in [-0.2, 0) is 0 Å². The maximum atomic E-state index is 5.87. The lowest BCUT2D eigenvalue weighted by Crippen LogP contribution is -2.34. The van der Waals surface area contributed by atoms with Gasteiger partial charge in [-0.3, -0.25) is 0 Å². The third-order valence-corrected chi connectivity index (χ3v) is 2.96. The van der Waals surface area contributed by atoms with Crippen molar-refractivity contribution in [1.29, 1.82) is 0 Å². The van der Waals surface area contributed by atoms with Crippen molar-refractivity contribution < 1.29 is 9.47 Å². The Kier molecular flexibility index (Phi) is 7.45. The quantitative estimate of drug-likeness (QED) is 0.659. The second kappa shape index (κ2) is 8.85. The average Bonchev–Trinajstić information content (AvgIpc) is 2.44. The lowest BCUT2D eigenvalue weighted by atomic mass is 9.95. The van der Waals surface area contributed by atoms with Crippen molar-refractivity contribution in [3.8, 4) is 11.5 Å². The molecule has 1 aromatic carbocycles. The highest BCUT2D eigenvalue weighted by atomic mass is 16.5. The Morgan fingerprint density at radius 3 is 2.10 bits per heavy atom. The Balaban J connectivity index is 2.36. The third kappa shape index (κ3) is 6.80. The van der Waals surface area contributed by atoms with Crippen molar-refractivity contribution in [2.24, 2.45) is 5.41 Å². The summed E-state index contributed by atoms with van der Waals surface area (Å²) in [6.45, 7) is 12.2. The van der Waals surface area contributed by atoms with E-state index in [1.54, 1.807) is 0 Å². The zero-order chi connectivity index (χ0) is 14.8. The van der Waals surface area contributed by atoms with Gasteiger partial charge in [0, 0.05) is 12.0 Å². The average molecular weight is 279 g/mol. The van der Waals surface area contributed by atoms with Crippen molar-refractivity contribution in [3.05, 3.63) is 24.3 Å². The van der Waals surface area contributed by atoms with E-state index in [0.717, 1.165) is 44.0 Å². The summed E-state index contributed by atoms with van der Waals surface area (Å²) in [5.74, 6) is 1.81. The van der Waals surface area contributed by atoms with Gasteiger partial charge >= 0.3 is 0 Å². The van der Waals surface area contributed by atoms with Gasteiger partial charge in [0.2, 0.25) is 0 Å². The van der Waals surface area contributed by atoms with Crippen LogP contribution < -0.4 is 14.8 Å². The van der Waals surface area contributed by atoms with Crippen LogP contribution in [0.25, 0.3) is 0 Å². The molecule has 0 fully saturated rings. The normalized spacial score (nSPS) is 11.4. The number of benzene rings is 1. The molecule has 0 saturated heterocycles. The molecule has 0 radical (unpaired) electrons. The SMILES string of the molecule is CCCNCC(C)(C)COc1ccc(OCCC)cc1. The lowest BCUT2D eigenvalue weighted by Gasteiger charge is -2.25. The van der Waals surface area contributed by atoms with E-state index in [0.29, 0.717) is 6.61 Å². The number of hydrogen-bond donors (Lipinski definition) is 1. The lowest BCUT2D eigenvalue weighted by molar-refractivity contribution is 0.176. The van der Waals surface area contributed by atoms with Crippen LogP contribution >= 0.6 is 0 Å². The van der Waals surface area contributed by atoms with Crippen molar-refractivity contribution in [2.75, 3.05) is 26.3 Å². The summed E-state index contributed by atoms with van der Waals surface area (Å²) < 4.78 is 11.4. The molecule has 3 nitrogen and oxygen atoms in total. The number of hydrogen-bond acceptors (Lipinski definition) is 3. The van der Waals surface area contributed by atoms with Gasteiger partial charge in [-0.1, -0.05) is 27.7 Å². The molecule has 0 bridgehead atoms. The zero-order valence-corrected chi connectivity index (χ0v) is 13.4. The predicted molar refractivity (Wildman–Crippen MR) is 84.7 cm³/mol. The van der Waals surface area contributed by atoms with Gasteiger partial charge in [0.1, 0.15) is 11.5 Å². The fraction of sp³-hybridized carbons (Fsp3) is 0.647. The van der Waals surface area contributed by atoms with E-state index in [9.17, 15) is 0 Å². The van der Waals surface area contributed by atoms with Gasteiger partial charge in [-0.25, -0.2) is 0 Å². The Hall–Kier alpha value is -1.22. The molecule has 0 spiro atoms. The van der Waals surface area contributed by atoms with E-state index in [1.807, 2.05) is 24.3 Å². The molecule has 0 aliphatic carbocycles. The molecule has 1 aromatic rings. The van der Waals surface area contributed by atoms with Crippen molar-refractivity contribution in [2.45, 2.75) is 40.5 Å². The molecule has 0 aliphatic rings. The number of rotatable bonds is 10. The Bertz CT molecular complexity index is 360. The maximum Gasteiger partial charge on any atom is 0.119 e. The summed E-state index contributed by atoms with van der Waals surface area (Å²) in [6, 6.07) is 7.88. The van der Waals surface area contributed by atoms with Crippen LogP contribution in [0.4, 0.5) is 0 Å².